The van der Waals surface area contributed by atoms with Gasteiger partial charge < -0.3 is 10.1 Å². The number of nitrogens with zero attached hydrogens (tertiary/aromatic N) is 1. The van der Waals surface area contributed by atoms with E-state index in [2.05, 4.69) is 5.32 Å². The molecule has 1 amide bonds. The van der Waals surface area contributed by atoms with E-state index in [9.17, 15) is 19.3 Å². The van der Waals surface area contributed by atoms with Gasteiger partial charge in [-0.2, -0.15) is 0 Å². The molecule has 0 saturated carbocycles. The molecule has 0 aliphatic heterocycles. The highest BCUT2D eigenvalue weighted by Crippen LogP contribution is 2.29. The van der Waals surface area contributed by atoms with E-state index in [-0.39, 0.29) is 28.3 Å². The van der Waals surface area contributed by atoms with E-state index < -0.39 is 16.9 Å². The number of carbonyl (C=O) groups excluding carboxylic acids is 1. The van der Waals surface area contributed by atoms with Crippen molar-refractivity contribution in [2.45, 2.75) is 26.0 Å². The largest absolute Gasteiger partial charge is 0.479 e. The molecular weight excluding hydrogens is 351 g/mol. The van der Waals surface area contributed by atoms with Crippen molar-refractivity contribution in [3.05, 3.63) is 69.0 Å². The predicted octanol–water partition coefficient (Wildman–Crippen LogP) is 4.03. The summed E-state index contributed by atoms with van der Waals surface area (Å²) in [5.74, 6) is -0.581. The molecule has 6 nitrogen and oxygen atoms in total. The monoisotopic (exact) mass is 366 g/mol. The molecule has 0 heterocycles. The van der Waals surface area contributed by atoms with Gasteiger partial charge in [0.1, 0.15) is 11.6 Å². The molecule has 0 radical (unpaired) electrons. The first-order valence-electron chi connectivity index (χ1n) is 7.44. The van der Waals surface area contributed by atoms with E-state index in [1.165, 1.54) is 31.2 Å². The molecule has 2 aromatic carbocycles. The number of rotatable bonds is 6. The molecule has 25 heavy (non-hydrogen) atoms. The minimum absolute atomic E-state index is 0.0421. The molecule has 0 spiro atoms. The first-order chi connectivity index (χ1) is 11.8. The van der Waals surface area contributed by atoms with Crippen LogP contribution in [0.25, 0.3) is 0 Å². The van der Waals surface area contributed by atoms with E-state index in [0.29, 0.717) is 0 Å². The number of nitro groups is 1. The summed E-state index contributed by atoms with van der Waals surface area (Å²) in [7, 11) is 0. The lowest BCUT2D eigenvalue weighted by Gasteiger charge is -2.19. The Morgan fingerprint density at radius 1 is 1.24 bits per heavy atom. The van der Waals surface area contributed by atoms with Crippen LogP contribution in [0.5, 0.6) is 5.75 Å². The fourth-order valence-corrected chi connectivity index (χ4v) is 2.33. The van der Waals surface area contributed by atoms with Crippen LogP contribution in [0.2, 0.25) is 5.02 Å². The minimum atomic E-state index is -0.873. The van der Waals surface area contributed by atoms with Crippen LogP contribution < -0.4 is 10.1 Å². The van der Waals surface area contributed by atoms with E-state index in [1.54, 1.807) is 19.1 Å². The van der Waals surface area contributed by atoms with E-state index in [0.717, 1.165) is 11.6 Å². The second-order valence-electron chi connectivity index (χ2n) is 5.41. The molecule has 2 atom stereocenters. The number of benzene rings is 2. The van der Waals surface area contributed by atoms with Gasteiger partial charge in [-0.1, -0.05) is 23.7 Å². The number of carbonyl (C=O) groups is 1. The van der Waals surface area contributed by atoms with Crippen molar-refractivity contribution in [1.29, 1.82) is 0 Å². The van der Waals surface area contributed by atoms with Gasteiger partial charge in [-0.05, 0) is 37.6 Å². The zero-order valence-electron chi connectivity index (χ0n) is 13.5. The molecule has 0 aliphatic rings. The Hall–Kier alpha value is -2.67. The summed E-state index contributed by atoms with van der Waals surface area (Å²) in [6, 6.07) is 9.19. The molecule has 1 N–H and O–H groups in total. The zero-order chi connectivity index (χ0) is 18.6. The Morgan fingerprint density at radius 2 is 1.88 bits per heavy atom. The SMILES string of the molecule is C[C@H](NC(=O)[C@@H](C)Oc1ccc([N+](=O)[O-])cc1Cl)c1ccc(F)cc1. The van der Waals surface area contributed by atoms with Crippen LogP contribution in [0.1, 0.15) is 25.5 Å². The summed E-state index contributed by atoms with van der Waals surface area (Å²) >= 11 is 5.94. The second-order valence-corrected chi connectivity index (χ2v) is 5.82. The van der Waals surface area contributed by atoms with E-state index >= 15 is 0 Å². The summed E-state index contributed by atoms with van der Waals surface area (Å²) in [4.78, 5) is 22.3. The van der Waals surface area contributed by atoms with Gasteiger partial charge in [0.2, 0.25) is 0 Å². The molecule has 0 aromatic heterocycles. The van der Waals surface area contributed by atoms with Crippen LogP contribution >= 0.6 is 11.6 Å². The molecule has 0 fully saturated rings. The molecule has 2 aromatic rings. The molecular formula is C17H16ClFN2O4. The Balaban J connectivity index is 2.00. The Bertz CT molecular complexity index is 783. The van der Waals surface area contributed by atoms with Crippen molar-refractivity contribution in [3.63, 3.8) is 0 Å². The van der Waals surface area contributed by atoms with Gasteiger partial charge in [0.15, 0.2) is 6.10 Å². The molecule has 0 bridgehead atoms. The maximum atomic E-state index is 12.9. The van der Waals surface area contributed by atoms with Crippen molar-refractivity contribution in [1.82, 2.24) is 5.32 Å². The summed E-state index contributed by atoms with van der Waals surface area (Å²) in [6.45, 7) is 3.29. The number of nitro benzene ring substituents is 1. The summed E-state index contributed by atoms with van der Waals surface area (Å²) in [6.07, 6.45) is -0.873. The summed E-state index contributed by atoms with van der Waals surface area (Å²) in [5.41, 5.74) is 0.578. The molecule has 0 aliphatic carbocycles. The summed E-state index contributed by atoms with van der Waals surface area (Å²) < 4.78 is 18.4. The fourth-order valence-electron chi connectivity index (χ4n) is 2.11. The zero-order valence-corrected chi connectivity index (χ0v) is 14.3. The third-order valence-electron chi connectivity index (χ3n) is 3.53. The highest BCUT2D eigenvalue weighted by atomic mass is 35.5. The van der Waals surface area contributed by atoms with Crippen LogP contribution in [0, 0.1) is 15.9 Å². The van der Waals surface area contributed by atoms with Gasteiger partial charge in [-0.3, -0.25) is 14.9 Å². The smallest absolute Gasteiger partial charge is 0.271 e. The van der Waals surface area contributed by atoms with Gasteiger partial charge in [-0.15, -0.1) is 0 Å². The van der Waals surface area contributed by atoms with Crippen molar-refractivity contribution in [3.8, 4) is 5.75 Å². The number of hydrogen-bond acceptors (Lipinski definition) is 4. The average Bonchev–Trinajstić information content (AvgIpc) is 2.56. The standard InChI is InChI=1S/C17H16ClFN2O4/c1-10(12-3-5-13(19)6-4-12)20-17(22)11(2)25-16-8-7-14(21(23)24)9-15(16)18/h3-11H,1-2H3,(H,20,22)/t10-,11+/m0/s1. The average molecular weight is 367 g/mol. The first kappa shape index (κ1) is 18.7. The number of amides is 1. The Labute approximate surface area is 148 Å². The minimum Gasteiger partial charge on any atom is -0.479 e. The number of ether oxygens (including phenoxy) is 1. The Kier molecular flexibility index (Phi) is 5.93. The van der Waals surface area contributed by atoms with Gasteiger partial charge in [-0.25, -0.2) is 4.39 Å². The van der Waals surface area contributed by atoms with Crippen molar-refractivity contribution in [2.75, 3.05) is 0 Å². The molecule has 2 rings (SSSR count). The molecule has 8 heteroatoms. The van der Waals surface area contributed by atoms with Crippen molar-refractivity contribution in [2.24, 2.45) is 0 Å². The fraction of sp³-hybridized carbons (Fsp3) is 0.235. The van der Waals surface area contributed by atoms with Gasteiger partial charge in [0, 0.05) is 12.1 Å². The maximum absolute atomic E-state index is 12.9. The number of non-ortho nitro benzene ring substituents is 1. The maximum Gasteiger partial charge on any atom is 0.271 e. The lowest BCUT2D eigenvalue weighted by Crippen LogP contribution is -2.37. The van der Waals surface area contributed by atoms with Crippen LogP contribution in [-0.2, 0) is 4.79 Å². The van der Waals surface area contributed by atoms with Crippen LogP contribution in [0.15, 0.2) is 42.5 Å². The van der Waals surface area contributed by atoms with Crippen LogP contribution in [0.4, 0.5) is 10.1 Å². The van der Waals surface area contributed by atoms with E-state index in [4.69, 9.17) is 16.3 Å². The normalized spacial score (nSPS) is 13.0. The molecule has 0 saturated heterocycles. The van der Waals surface area contributed by atoms with E-state index in [1.807, 2.05) is 0 Å². The highest BCUT2D eigenvalue weighted by molar-refractivity contribution is 6.32. The van der Waals surface area contributed by atoms with Crippen LogP contribution in [-0.4, -0.2) is 16.9 Å². The predicted molar refractivity (Wildman–Crippen MR) is 91.2 cm³/mol. The highest BCUT2D eigenvalue weighted by Gasteiger charge is 2.20. The third kappa shape index (κ3) is 4.90. The topological polar surface area (TPSA) is 81.5 Å². The lowest BCUT2D eigenvalue weighted by molar-refractivity contribution is -0.384. The second kappa shape index (κ2) is 7.94. The van der Waals surface area contributed by atoms with Crippen molar-refractivity contribution < 1.29 is 18.8 Å². The van der Waals surface area contributed by atoms with Gasteiger partial charge in [0.05, 0.1) is 16.0 Å². The number of nitrogens with one attached hydrogen (secondary N) is 1. The molecule has 0 unspecified atom stereocenters. The first-order valence-corrected chi connectivity index (χ1v) is 7.82. The third-order valence-corrected chi connectivity index (χ3v) is 3.82. The lowest BCUT2D eigenvalue weighted by atomic mass is 10.1. The number of hydrogen-bond donors (Lipinski definition) is 1. The van der Waals surface area contributed by atoms with Crippen molar-refractivity contribution >= 4 is 23.2 Å². The quantitative estimate of drug-likeness (QED) is 0.618. The number of halogens is 2. The summed E-state index contributed by atoms with van der Waals surface area (Å²) in [5, 5.41) is 13.5. The van der Waals surface area contributed by atoms with Crippen LogP contribution in [0.3, 0.4) is 0 Å². The molecule has 132 valence electrons. The van der Waals surface area contributed by atoms with Gasteiger partial charge in [0.25, 0.3) is 11.6 Å². The Morgan fingerprint density at radius 3 is 2.44 bits per heavy atom. The van der Waals surface area contributed by atoms with Gasteiger partial charge >= 0.3 is 0 Å².